The van der Waals surface area contributed by atoms with Crippen molar-refractivity contribution in [3.05, 3.63) is 35.4 Å². The first-order valence-electron chi connectivity index (χ1n) is 8.29. The number of rotatable bonds is 1. The van der Waals surface area contributed by atoms with Gasteiger partial charge in [-0.1, -0.05) is 43.5 Å². The van der Waals surface area contributed by atoms with E-state index < -0.39 is 0 Å². The number of carbonyl (C=O) groups is 2. The van der Waals surface area contributed by atoms with E-state index in [0.717, 1.165) is 37.7 Å². The van der Waals surface area contributed by atoms with Crippen LogP contribution in [-0.4, -0.2) is 41.2 Å². The Morgan fingerprint density at radius 3 is 2.50 bits per heavy atom. The maximum absolute atomic E-state index is 12.5. The molecule has 22 heavy (non-hydrogen) atoms. The minimum atomic E-state index is -0.345. The standard InChI is InChI=1S/C18H24N2O2/c1-19(16-9-3-2-4-10-16)17(21)18(22)20-12-11-14-7-5-6-8-15(14)13-20/h5-8,16H,2-4,9-13H2,1H3. The molecule has 2 amide bonds. The molecule has 0 saturated heterocycles. The van der Waals surface area contributed by atoms with E-state index in [1.165, 1.54) is 12.0 Å². The van der Waals surface area contributed by atoms with E-state index in [0.29, 0.717) is 13.1 Å². The van der Waals surface area contributed by atoms with Gasteiger partial charge in [0.1, 0.15) is 0 Å². The highest BCUT2D eigenvalue weighted by Crippen LogP contribution is 2.23. The Bertz CT molecular complexity index is 564. The van der Waals surface area contributed by atoms with Gasteiger partial charge in [-0.05, 0) is 30.4 Å². The van der Waals surface area contributed by atoms with Crippen LogP contribution in [0.5, 0.6) is 0 Å². The average Bonchev–Trinajstić information content (AvgIpc) is 2.60. The van der Waals surface area contributed by atoms with Crippen molar-refractivity contribution in [2.24, 2.45) is 0 Å². The maximum atomic E-state index is 12.5. The van der Waals surface area contributed by atoms with Crippen LogP contribution in [0.3, 0.4) is 0 Å². The first-order chi connectivity index (χ1) is 10.7. The van der Waals surface area contributed by atoms with Crippen LogP contribution in [0.4, 0.5) is 0 Å². The molecule has 1 aromatic carbocycles. The van der Waals surface area contributed by atoms with E-state index in [2.05, 4.69) is 6.07 Å². The molecule has 3 rings (SSSR count). The van der Waals surface area contributed by atoms with Gasteiger partial charge in [0, 0.05) is 26.2 Å². The molecule has 1 aromatic rings. The van der Waals surface area contributed by atoms with Gasteiger partial charge in [-0.15, -0.1) is 0 Å². The zero-order valence-electron chi connectivity index (χ0n) is 13.3. The van der Waals surface area contributed by atoms with Crippen molar-refractivity contribution in [2.75, 3.05) is 13.6 Å². The van der Waals surface area contributed by atoms with Gasteiger partial charge < -0.3 is 9.80 Å². The summed E-state index contributed by atoms with van der Waals surface area (Å²) in [6, 6.07) is 8.40. The lowest BCUT2D eigenvalue weighted by Crippen LogP contribution is -2.49. The number of benzene rings is 1. The van der Waals surface area contributed by atoms with Gasteiger partial charge in [0.05, 0.1) is 0 Å². The zero-order valence-corrected chi connectivity index (χ0v) is 13.3. The second-order valence-electron chi connectivity index (χ2n) is 6.45. The summed E-state index contributed by atoms with van der Waals surface area (Å²) >= 11 is 0. The Labute approximate surface area is 132 Å². The molecule has 0 aromatic heterocycles. The molecule has 2 aliphatic rings. The lowest BCUT2D eigenvalue weighted by Gasteiger charge is -2.34. The van der Waals surface area contributed by atoms with Crippen molar-refractivity contribution in [3.8, 4) is 0 Å². The summed E-state index contributed by atoms with van der Waals surface area (Å²) in [5, 5.41) is 0. The summed E-state index contributed by atoms with van der Waals surface area (Å²) < 4.78 is 0. The largest absolute Gasteiger partial charge is 0.335 e. The molecule has 0 N–H and O–H groups in total. The Kier molecular flexibility index (Phi) is 4.46. The van der Waals surface area contributed by atoms with E-state index in [1.54, 1.807) is 16.8 Å². The van der Waals surface area contributed by atoms with Crippen molar-refractivity contribution in [1.29, 1.82) is 0 Å². The minimum absolute atomic E-state index is 0.238. The van der Waals surface area contributed by atoms with E-state index in [-0.39, 0.29) is 17.9 Å². The number of hydrogen-bond donors (Lipinski definition) is 0. The molecule has 1 fully saturated rings. The molecule has 1 aliphatic heterocycles. The van der Waals surface area contributed by atoms with Gasteiger partial charge in [0.15, 0.2) is 0 Å². The smallest absolute Gasteiger partial charge is 0.312 e. The minimum Gasteiger partial charge on any atom is -0.335 e. The fourth-order valence-corrected chi connectivity index (χ4v) is 3.59. The second-order valence-corrected chi connectivity index (χ2v) is 6.45. The highest BCUT2D eigenvalue weighted by Gasteiger charge is 2.31. The number of hydrogen-bond acceptors (Lipinski definition) is 2. The third-order valence-electron chi connectivity index (χ3n) is 5.04. The van der Waals surface area contributed by atoms with Gasteiger partial charge in [-0.2, -0.15) is 0 Å². The molecule has 4 heteroatoms. The molecule has 1 aliphatic carbocycles. The SMILES string of the molecule is CN(C(=O)C(=O)N1CCc2ccccc2C1)C1CCCCC1. The highest BCUT2D eigenvalue weighted by atomic mass is 16.2. The van der Waals surface area contributed by atoms with Crippen LogP contribution >= 0.6 is 0 Å². The molecular formula is C18H24N2O2. The summed E-state index contributed by atoms with van der Waals surface area (Å²) in [7, 11) is 1.79. The van der Waals surface area contributed by atoms with E-state index >= 15 is 0 Å². The average molecular weight is 300 g/mol. The lowest BCUT2D eigenvalue weighted by atomic mass is 9.94. The Balaban J connectivity index is 1.65. The summed E-state index contributed by atoms with van der Waals surface area (Å²) in [5.74, 6) is -0.686. The van der Waals surface area contributed by atoms with E-state index in [4.69, 9.17) is 0 Å². The summed E-state index contributed by atoms with van der Waals surface area (Å²) in [6.07, 6.45) is 6.45. The van der Waals surface area contributed by atoms with Crippen LogP contribution in [0.1, 0.15) is 43.2 Å². The number of nitrogens with zero attached hydrogens (tertiary/aromatic N) is 2. The summed E-state index contributed by atoms with van der Waals surface area (Å²) in [6.45, 7) is 1.19. The Morgan fingerprint density at radius 1 is 1.09 bits per heavy atom. The monoisotopic (exact) mass is 300 g/mol. The van der Waals surface area contributed by atoms with Crippen molar-refractivity contribution < 1.29 is 9.59 Å². The fraction of sp³-hybridized carbons (Fsp3) is 0.556. The van der Waals surface area contributed by atoms with Crippen LogP contribution in [0.15, 0.2) is 24.3 Å². The van der Waals surface area contributed by atoms with Gasteiger partial charge >= 0.3 is 11.8 Å². The maximum Gasteiger partial charge on any atom is 0.312 e. The fourth-order valence-electron chi connectivity index (χ4n) is 3.59. The Hall–Kier alpha value is -1.84. The number of fused-ring (bicyclic) bond motifs is 1. The quantitative estimate of drug-likeness (QED) is 0.747. The van der Waals surface area contributed by atoms with Gasteiger partial charge in [0.2, 0.25) is 0 Å². The van der Waals surface area contributed by atoms with Crippen molar-refractivity contribution >= 4 is 11.8 Å². The molecule has 0 spiro atoms. The van der Waals surface area contributed by atoms with Crippen molar-refractivity contribution in [3.63, 3.8) is 0 Å². The molecular weight excluding hydrogens is 276 g/mol. The summed E-state index contributed by atoms with van der Waals surface area (Å²) in [4.78, 5) is 28.4. The molecule has 0 bridgehead atoms. The first kappa shape index (κ1) is 15.1. The molecule has 4 nitrogen and oxygen atoms in total. The number of amides is 2. The third-order valence-corrected chi connectivity index (χ3v) is 5.04. The van der Waals surface area contributed by atoms with Crippen LogP contribution < -0.4 is 0 Å². The molecule has 0 unspecified atom stereocenters. The Morgan fingerprint density at radius 2 is 1.77 bits per heavy atom. The molecule has 0 radical (unpaired) electrons. The van der Waals surface area contributed by atoms with Crippen molar-refractivity contribution in [2.45, 2.75) is 51.1 Å². The zero-order chi connectivity index (χ0) is 15.5. The van der Waals surface area contributed by atoms with Crippen LogP contribution in [0.25, 0.3) is 0 Å². The second kappa shape index (κ2) is 6.51. The van der Waals surface area contributed by atoms with Gasteiger partial charge in [-0.25, -0.2) is 0 Å². The predicted octanol–water partition coefficient (Wildman–Crippen LogP) is 2.36. The van der Waals surface area contributed by atoms with Crippen molar-refractivity contribution in [1.82, 2.24) is 9.80 Å². The van der Waals surface area contributed by atoms with Crippen LogP contribution in [0, 0.1) is 0 Å². The number of likely N-dealkylation sites (N-methyl/N-ethyl adjacent to an activating group) is 1. The van der Waals surface area contributed by atoms with Gasteiger partial charge in [0.25, 0.3) is 0 Å². The van der Waals surface area contributed by atoms with Gasteiger partial charge in [-0.3, -0.25) is 9.59 Å². The normalized spacial score (nSPS) is 18.7. The van der Waals surface area contributed by atoms with E-state index in [1.807, 2.05) is 18.2 Å². The molecule has 118 valence electrons. The van der Waals surface area contributed by atoms with Crippen LogP contribution in [-0.2, 0) is 22.6 Å². The van der Waals surface area contributed by atoms with E-state index in [9.17, 15) is 9.59 Å². The number of carbonyl (C=O) groups excluding carboxylic acids is 2. The molecule has 1 heterocycles. The molecule has 0 atom stereocenters. The highest BCUT2D eigenvalue weighted by molar-refractivity contribution is 6.34. The third kappa shape index (κ3) is 3.01. The lowest BCUT2D eigenvalue weighted by molar-refractivity contribution is -0.153. The summed E-state index contributed by atoms with van der Waals surface area (Å²) in [5.41, 5.74) is 2.45. The predicted molar refractivity (Wildman–Crippen MR) is 85.2 cm³/mol. The first-order valence-corrected chi connectivity index (χ1v) is 8.29. The van der Waals surface area contributed by atoms with Crippen LogP contribution in [0.2, 0.25) is 0 Å². The molecule has 1 saturated carbocycles. The topological polar surface area (TPSA) is 40.6 Å².